The summed E-state index contributed by atoms with van der Waals surface area (Å²) in [7, 11) is 11.4. The number of rotatable bonds is 13. The molecule has 4 aliphatic carbocycles. The second-order valence-corrected chi connectivity index (χ2v) is 16.3. The van der Waals surface area contributed by atoms with Crippen molar-refractivity contribution in [1.29, 1.82) is 0 Å². The number of amides is 2. The summed E-state index contributed by atoms with van der Waals surface area (Å²) in [6, 6.07) is 12.8. The molecule has 2 N–H and O–H groups in total. The van der Waals surface area contributed by atoms with Crippen LogP contribution in [0.25, 0.3) is 16.9 Å². The molecule has 4 bridgehead atoms. The number of quaternary nitrogens is 1. The van der Waals surface area contributed by atoms with Gasteiger partial charge in [-0.05, 0) is 104 Å². The number of hydrogen-bond donors (Lipinski definition) is 2. The molecule has 4 aliphatic rings. The van der Waals surface area contributed by atoms with Crippen LogP contribution in [-0.4, -0.2) is 103 Å². The first-order chi connectivity index (χ1) is 24.2. The van der Waals surface area contributed by atoms with Gasteiger partial charge in [0.1, 0.15) is 17.0 Å². The molecule has 1 heterocycles. The van der Waals surface area contributed by atoms with Gasteiger partial charge in [-0.3, -0.25) is 9.59 Å². The second-order valence-electron chi connectivity index (χ2n) is 16.3. The van der Waals surface area contributed by atoms with Crippen molar-refractivity contribution in [3.8, 4) is 28.4 Å². The number of carboxylic acid groups (broad SMARTS) is 1. The van der Waals surface area contributed by atoms with E-state index >= 15 is 0 Å². The quantitative estimate of drug-likeness (QED) is 0.201. The maximum absolute atomic E-state index is 14.3. The molecule has 12 heteroatoms. The molecule has 52 heavy (non-hydrogen) atoms. The van der Waals surface area contributed by atoms with Crippen LogP contribution >= 0.6 is 0 Å². The lowest BCUT2D eigenvalue weighted by Gasteiger charge is -2.59. The number of aromatic nitrogens is 2. The number of nitrogens with one attached hydrogen (secondary N) is 1. The Balaban J connectivity index is 0.00000523. The van der Waals surface area contributed by atoms with Crippen LogP contribution < -0.4 is 38.8 Å². The molecule has 0 saturated heterocycles. The third kappa shape index (κ3) is 7.42. The third-order valence-corrected chi connectivity index (χ3v) is 11.5. The van der Waals surface area contributed by atoms with Gasteiger partial charge in [0.05, 0.1) is 58.9 Å². The summed E-state index contributed by atoms with van der Waals surface area (Å²) in [5, 5.41) is 18.7. The lowest BCUT2D eigenvalue weighted by Crippen LogP contribution is -3.00. The van der Waals surface area contributed by atoms with Gasteiger partial charge in [-0.25, -0.2) is 9.48 Å². The van der Waals surface area contributed by atoms with Crippen molar-refractivity contribution in [1.82, 2.24) is 20.0 Å². The molecule has 1 aromatic heterocycles. The van der Waals surface area contributed by atoms with Crippen molar-refractivity contribution in [2.45, 2.75) is 63.8 Å². The van der Waals surface area contributed by atoms with Crippen LogP contribution in [0.2, 0.25) is 0 Å². The number of ether oxygens (including phenoxy) is 2. The molecule has 4 fully saturated rings. The van der Waals surface area contributed by atoms with Crippen LogP contribution in [0, 0.1) is 23.7 Å². The molecular formula is C40H54IN5O6. The minimum atomic E-state index is -1.32. The Morgan fingerprint density at radius 3 is 2.10 bits per heavy atom. The van der Waals surface area contributed by atoms with Crippen molar-refractivity contribution in [3.63, 3.8) is 0 Å². The number of halogens is 1. The van der Waals surface area contributed by atoms with E-state index in [0.29, 0.717) is 52.4 Å². The highest BCUT2D eigenvalue weighted by Crippen LogP contribution is 2.58. The third-order valence-electron chi connectivity index (χ3n) is 11.5. The maximum Gasteiger partial charge on any atom is 0.330 e. The van der Waals surface area contributed by atoms with Gasteiger partial charge in [0.15, 0.2) is 5.69 Å². The molecule has 2 aromatic carbocycles. The van der Waals surface area contributed by atoms with Crippen molar-refractivity contribution >= 4 is 17.8 Å². The Morgan fingerprint density at radius 2 is 1.58 bits per heavy atom. The fourth-order valence-corrected chi connectivity index (χ4v) is 9.19. The van der Waals surface area contributed by atoms with E-state index < -0.39 is 17.4 Å². The van der Waals surface area contributed by atoms with E-state index in [2.05, 4.69) is 40.3 Å². The van der Waals surface area contributed by atoms with E-state index in [-0.39, 0.29) is 53.3 Å². The largest absolute Gasteiger partial charge is 1.00 e. The number of methoxy groups -OCH3 is 2. The van der Waals surface area contributed by atoms with Gasteiger partial charge in [-0.2, -0.15) is 5.10 Å². The van der Waals surface area contributed by atoms with Crippen LogP contribution in [0.5, 0.6) is 11.5 Å². The average molecular weight is 828 g/mol. The summed E-state index contributed by atoms with van der Waals surface area (Å²) in [4.78, 5) is 42.8. The molecule has 4 saturated carbocycles. The van der Waals surface area contributed by atoms with Gasteiger partial charge in [0, 0.05) is 25.6 Å². The van der Waals surface area contributed by atoms with Gasteiger partial charge in [0.2, 0.25) is 0 Å². The summed E-state index contributed by atoms with van der Waals surface area (Å²) in [5.74, 6) is 0.370. The SMILES string of the molecule is COc1cccc(OC)c1-c1cc(C(=O)NC2(C(=O)O)C3CC4CC(C3)CC2C4)nn1-c1ccc(C(=O)N(C)CCC[N+](C)(C)C)cc1C(C)C.[I-]. The summed E-state index contributed by atoms with van der Waals surface area (Å²) in [6.45, 7) is 5.71. The highest BCUT2D eigenvalue weighted by molar-refractivity contribution is 5.98. The van der Waals surface area contributed by atoms with Crippen LogP contribution in [0.3, 0.4) is 0 Å². The van der Waals surface area contributed by atoms with Crippen LogP contribution in [0.4, 0.5) is 0 Å². The molecule has 3 aromatic rings. The number of benzene rings is 2. The minimum Gasteiger partial charge on any atom is -1.00 e. The number of aliphatic carboxylic acids is 1. The van der Waals surface area contributed by atoms with Gasteiger partial charge >= 0.3 is 5.97 Å². The zero-order chi connectivity index (χ0) is 36.8. The van der Waals surface area contributed by atoms with E-state index in [1.165, 1.54) is 6.42 Å². The Bertz CT molecular complexity index is 1760. The van der Waals surface area contributed by atoms with Crippen LogP contribution in [-0.2, 0) is 4.79 Å². The number of carbonyl (C=O) groups excluding carboxylic acids is 2. The lowest BCUT2D eigenvalue weighted by atomic mass is 9.48. The molecule has 282 valence electrons. The predicted molar refractivity (Wildman–Crippen MR) is 196 cm³/mol. The van der Waals surface area contributed by atoms with Gasteiger partial charge in [-0.15, -0.1) is 0 Å². The first kappa shape index (κ1) is 39.6. The number of carboxylic acids is 1. The molecular weight excluding hydrogens is 773 g/mol. The number of carbonyl (C=O) groups is 3. The smallest absolute Gasteiger partial charge is 0.330 e. The first-order valence-electron chi connectivity index (χ1n) is 18.2. The lowest BCUT2D eigenvalue weighted by molar-refractivity contribution is -0.870. The highest BCUT2D eigenvalue weighted by atomic mass is 127. The molecule has 0 unspecified atom stereocenters. The molecule has 0 spiro atoms. The fraction of sp³-hybridized carbons (Fsp3) is 0.550. The normalized spacial score (nSPS) is 23.2. The fourth-order valence-electron chi connectivity index (χ4n) is 9.19. The van der Waals surface area contributed by atoms with Gasteiger partial charge in [-0.1, -0.05) is 19.9 Å². The Hall–Kier alpha value is -3.65. The molecule has 0 radical (unpaired) electrons. The summed E-state index contributed by atoms with van der Waals surface area (Å²) in [6.07, 6.45) is 5.35. The summed E-state index contributed by atoms with van der Waals surface area (Å²) in [5.41, 5.74) is 2.05. The Kier molecular flexibility index (Phi) is 11.7. The van der Waals surface area contributed by atoms with E-state index in [0.717, 1.165) is 48.7 Å². The summed E-state index contributed by atoms with van der Waals surface area (Å²) < 4.78 is 14.1. The summed E-state index contributed by atoms with van der Waals surface area (Å²) >= 11 is 0. The van der Waals surface area contributed by atoms with E-state index in [9.17, 15) is 19.5 Å². The standard InChI is InChI=1S/C40H53N5O6.HI/c1-24(2)30-22-27(38(47)43(3)15-10-16-45(4,5)6)13-14-32(30)44-33(36-34(50-7)11-9-12-35(36)51-8)23-31(42-44)37(46)41-40(39(48)49)28-18-25-17-26(20-28)21-29(40)19-25;/h9,11-14,22-26,28-29H,10,15-21H2,1-8H3,(H-,41,46,48,49);1H. The predicted octanol–water partition coefficient (Wildman–Crippen LogP) is 2.86. The molecule has 2 amide bonds. The van der Waals surface area contributed by atoms with Gasteiger partial charge < -0.3 is 53.3 Å². The minimum absolute atomic E-state index is 0. The first-order valence-corrected chi connectivity index (χ1v) is 18.2. The molecule has 7 rings (SSSR count). The van der Waals surface area contributed by atoms with E-state index in [4.69, 9.17) is 14.6 Å². The van der Waals surface area contributed by atoms with E-state index in [1.54, 1.807) is 35.9 Å². The Morgan fingerprint density at radius 1 is 0.981 bits per heavy atom. The molecule has 11 nitrogen and oxygen atoms in total. The monoisotopic (exact) mass is 827 g/mol. The molecule has 0 aliphatic heterocycles. The number of nitrogens with zero attached hydrogens (tertiary/aromatic N) is 4. The average Bonchev–Trinajstić information content (AvgIpc) is 3.52. The Labute approximate surface area is 324 Å². The van der Waals surface area contributed by atoms with Crippen molar-refractivity contribution < 1.29 is 57.4 Å². The van der Waals surface area contributed by atoms with Crippen molar-refractivity contribution in [2.75, 3.05) is 55.5 Å². The number of hydrogen-bond acceptors (Lipinski definition) is 6. The zero-order valence-electron chi connectivity index (χ0n) is 31.7. The zero-order valence-corrected chi connectivity index (χ0v) is 33.9. The van der Waals surface area contributed by atoms with Crippen molar-refractivity contribution in [3.05, 3.63) is 59.3 Å². The second kappa shape index (κ2) is 15.4. The van der Waals surface area contributed by atoms with E-state index in [1.807, 2.05) is 37.4 Å². The van der Waals surface area contributed by atoms with Crippen LogP contribution in [0.1, 0.15) is 84.7 Å². The van der Waals surface area contributed by atoms with Gasteiger partial charge in [0.25, 0.3) is 11.8 Å². The van der Waals surface area contributed by atoms with Crippen LogP contribution in [0.15, 0.2) is 42.5 Å². The van der Waals surface area contributed by atoms with Crippen molar-refractivity contribution in [2.24, 2.45) is 23.7 Å². The highest BCUT2D eigenvalue weighted by Gasteiger charge is 2.62. The molecule has 0 atom stereocenters. The maximum atomic E-state index is 14.3. The topological polar surface area (TPSA) is 123 Å².